The summed E-state index contributed by atoms with van der Waals surface area (Å²) in [5.41, 5.74) is 3.50. The Bertz CT molecular complexity index is 846. The van der Waals surface area contributed by atoms with Crippen LogP contribution in [-0.4, -0.2) is 5.78 Å². The van der Waals surface area contributed by atoms with Gasteiger partial charge in [0.15, 0.2) is 5.78 Å². The van der Waals surface area contributed by atoms with E-state index in [-0.39, 0.29) is 11.7 Å². The molecular formula is C22H17NO. The van der Waals surface area contributed by atoms with Crippen molar-refractivity contribution < 1.29 is 4.79 Å². The molecule has 3 aromatic carbocycles. The predicted octanol–water partition coefficient (Wildman–Crippen LogP) is 4.96. The third kappa shape index (κ3) is 3.59. The molecule has 24 heavy (non-hydrogen) atoms. The summed E-state index contributed by atoms with van der Waals surface area (Å²) in [6, 6.07) is 29.0. The van der Waals surface area contributed by atoms with Gasteiger partial charge in [0, 0.05) is 17.9 Å². The molecule has 0 heterocycles. The zero-order valence-corrected chi connectivity index (χ0v) is 13.2. The molecule has 0 aliphatic carbocycles. The van der Waals surface area contributed by atoms with E-state index in [1.54, 1.807) is 12.1 Å². The Hall–Kier alpha value is -3.18. The molecule has 0 bridgehead atoms. The van der Waals surface area contributed by atoms with Crippen molar-refractivity contribution in [3.05, 3.63) is 107 Å². The molecule has 0 fully saturated rings. The second-order valence-electron chi connectivity index (χ2n) is 5.69. The number of carbonyl (C=O) groups excluding carboxylic acids is 1. The number of ketones is 1. The van der Waals surface area contributed by atoms with Crippen molar-refractivity contribution in [2.75, 3.05) is 0 Å². The molecule has 0 saturated heterocycles. The maximum atomic E-state index is 12.7. The minimum absolute atomic E-state index is 0.0216. The summed E-state index contributed by atoms with van der Waals surface area (Å²) in [5, 5.41) is 8.97. The van der Waals surface area contributed by atoms with Gasteiger partial charge in [-0.2, -0.15) is 5.26 Å². The van der Waals surface area contributed by atoms with Gasteiger partial charge in [0.05, 0.1) is 11.6 Å². The zero-order valence-electron chi connectivity index (χ0n) is 13.2. The number of hydrogen-bond acceptors (Lipinski definition) is 2. The number of hydrogen-bond donors (Lipinski definition) is 0. The molecule has 0 spiro atoms. The normalized spacial score (nSPS) is 11.5. The van der Waals surface area contributed by atoms with E-state index in [0.717, 1.165) is 16.7 Å². The van der Waals surface area contributed by atoms with Crippen LogP contribution in [0.25, 0.3) is 0 Å². The lowest BCUT2D eigenvalue weighted by molar-refractivity contribution is 0.0977. The van der Waals surface area contributed by atoms with Crippen LogP contribution in [0.2, 0.25) is 0 Å². The van der Waals surface area contributed by atoms with Crippen LogP contribution in [0, 0.1) is 11.3 Å². The van der Waals surface area contributed by atoms with Gasteiger partial charge in [-0.25, -0.2) is 0 Å². The zero-order chi connectivity index (χ0) is 16.8. The molecule has 3 rings (SSSR count). The molecule has 1 atom stereocenters. The van der Waals surface area contributed by atoms with E-state index in [2.05, 4.69) is 6.07 Å². The SMILES string of the molecule is N#Cc1ccc(C(CC(=O)c2ccccc2)c2ccccc2)cc1. The van der Waals surface area contributed by atoms with Crippen molar-refractivity contribution >= 4 is 5.78 Å². The molecule has 0 radical (unpaired) electrons. The largest absolute Gasteiger partial charge is 0.294 e. The molecular weight excluding hydrogens is 294 g/mol. The molecule has 1 unspecified atom stereocenters. The molecule has 0 amide bonds. The highest BCUT2D eigenvalue weighted by molar-refractivity contribution is 5.96. The number of carbonyl (C=O) groups is 1. The Morgan fingerprint density at radius 1 is 0.792 bits per heavy atom. The number of benzene rings is 3. The molecule has 116 valence electrons. The van der Waals surface area contributed by atoms with E-state index in [1.165, 1.54) is 0 Å². The smallest absolute Gasteiger partial charge is 0.163 e. The first kappa shape index (κ1) is 15.7. The van der Waals surface area contributed by atoms with Crippen LogP contribution in [0.15, 0.2) is 84.9 Å². The summed E-state index contributed by atoms with van der Waals surface area (Å²) in [4.78, 5) is 12.7. The monoisotopic (exact) mass is 311 g/mol. The highest BCUT2D eigenvalue weighted by atomic mass is 16.1. The third-order valence-electron chi connectivity index (χ3n) is 4.13. The fourth-order valence-electron chi connectivity index (χ4n) is 2.83. The molecule has 0 saturated carbocycles. The second kappa shape index (κ2) is 7.39. The van der Waals surface area contributed by atoms with Crippen molar-refractivity contribution in [3.8, 4) is 6.07 Å². The van der Waals surface area contributed by atoms with Gasteiger partial charge in [0.1, 0.15) is 0 Å². The summed E-state index contributed by atoms with van der Waals surface area (Å²) >= 11 is 0. The third-order valence-corrected chi connectivity index (χ3v) is 4.13. The highest BCUT2D eigenvalue weighted by Gasteiger charge is 2.19. The van der Waals surface area contributed by atoms with Gasteiger partial charge in [-0.15, -0.1) is 0 Å². The van der Waals surface area contributed by atoms with E-state index >= 15 is 0 Å². The second-order valence-corrected chi connectivity index (χ2v) is 5.69. The standard InChI is InChI=1S/C22H17NO/c23-16-17-11-13-19(14-12-17)21(18-7-3-1-4-8-18)15-22(24)20-9-5-2-6-10-20/h1-14,21H,15H2. The minimum Gasteiger partial charge on any atom is -0.294 e. The number of rotatable bonds is 5. The highest BCUT2D eigenvalue weighted by Crippen LogP contribution is 2.29. The van der Waals surface area contributed by atoms with Gasteiger partial charge in [0.25, 0.3) is 0 Å². The van der Waals surface area contributed by atoms with Crippen molar-refractivity contribution in [3.63, 3.8) is 0 Å². The maximum Gasteiger partial charge on any atom is 0.163 e. The Labute approximate surface area is 142 Å². The molecule has 2 nitrogen and oxygen atoms in total. The predicted molar refractivity (Wildman–Crippen MR) is 94.8 cm³/mol. The van der Waals surface area contributed by atoms with E-state index in [9.17, 15) is 4.79 Å². The van der Waals surface area contributed by atoms with Gasteiger partial charge in [-0.3, -0.25) is 4.79 Å². The Balaban J connectivity index is 1.93. The van der Waals surface area contributed by atoms with Gasteiger partial charge < -0.3 is 0 Å². The lowest BCUT2D eigenvalue weighted by Gasteiger charge is -2.17. The average Bonchev–Trinajstić information content (AvgIpc) is 2.67. The van der Waals surface area contributed by atoms with E-state index in [1.807, 2.05) is 72.8 Å². The quantitative estimate of drug-likeness (QED) is 0.625. The van der Waals surface area contributed by atoms with Crippen molar-refractivity contribution in [2.45, 2.75) is 12.3 Å². The number of Topliss-reactive ketones (excluding diaryl/α,β-unsaturated/α-hetero) is 1. The summed E-state index contributed by atoms with van der Waals surface area (Å²) in [6.45, 7) is 0. The van der Waals surface area contributed by atoms with Gasteiger partial charge in [-0.1, -0.05) is 72.8 Å². The topological polar surface area (TPSA) is 40.9 Å². The number of nitriles is 1. The van der Waals surface area contributed by atoms with Gasteiger partial charge in [-0.05, 0) is 23.3 Å². The average molecular weight is 311 g/mol. The van der Waals surface area contributed by atoms with Crippen LogP contribution >= 0.6 is 0 Å². The maximum absolute atomic E-state index is 12.7. The van der Waals surface area contributed by atoms with Crippen LogP contribution in [0.5, 0.6) is 0 Å². The van der Waals surface area contributed by atoms with Crippen LogP contribution in [0.1, 0.15) is 39.4 Å². The van der Waals surface area contributed by atoms with Crippen LogP contribution in [0.3, 0.4) is 0 Å². The van der Waals surface area contributed by atoms with E-state index < -0.39 is 0 Å². The lowest BCUT2D eigenvalue weighted by Crippen LogP contribution is -2.09. The summed E-state index contributed by atoms with van der Waals surface area (Å²) < 4.78 is 0. The van der Waals surface area contributed by atoms with Crippen molar-refractivity contribution in [1.29, 1.82) is 5.26 Å². The van der Waals surface area contributed by atoms with Gasteiger partial charge in [0.2, 0.25) is 0 Å². The van der Waals surface area contributed by atoms with Crippen LogP contribution in [-0.2, 0) is 0 Å². The molecule has 0 N–H and O–H groups in total. The minimum atomic E-state index is -0.0216. The number of nitrogens with zero attached hydrogens (tertiary/aromatic N) is 1. The summed E-state index contributed by atoms with van der Waals surface area (Å²) in [5.74, 6) is 0.0976. The molecule has 0 aliphatic heterocycles. The first-order valence-corrected chi connectivity index (χ1v) is 7.91. The Morgan fingerprint density at radius 3 is 1.92 bits per heavy atom. The Morgan fingerprint density at radius 2 is 1.33 bits per heavy atom. The first-order chi connectivity index (χ1) is 11.8. The first-order valence-electron chi connectivity index (χ1n) is 7.91. The van der Waals surface area contributed by atoms with Gasteiger partial charge >= 0.3 is 0 Å². The van der Waals surface area contributed by atoms with E-state index in [0.29, 0.717) is 12.0 Å². The van der Waals surface area contributed by atoms with E-state index in [4.69, 9.17) is 5.26 Å². The van der Waals surface area contributed by atoms with Crippen LogP contribution < -0.4 is 0 Å². The molecule has 3 aromatic rings. The van der Waals surface area contributed by atoms with Crippen LogP contribution in [0.4, 0.5) is 0 Å². The van der Waals surface area contributed by atoms with Crippen molar-refractivity contribution in [2.24, 2.45) is 0 Å². The fraction of sp³-hybridized carbons (Fsp3) is 0.0909. The Kier molecular flexibility index (Phi) is 4.84. The molecule has 0 aromatic heterocycles. The summed E-state index contributed by atoms with van der Waals surface area (Å²) in [6.07, 6.45) is 0.403. The summed E-state index contributed by atoms with van der Waals surface area (Å²) in [7, 11) is 0. The lowest BCUT2D eigenvalue weighted by atomic mass is 9.85. The molecule has 2 heteroatoms. The molecule has 0 aliphatic rings. The van der Waals surface area contributed by atoms with Crippen molar-refractivity contribution in [1.82, 2.24) is 0 Å². The fourth-order valence-corrected chi connectivity index (χ4v) is 2.83.